The lowest BCUT2D eigenvalue weighted by Gasteiger charge is -2.21. The van der Waals surface area contributed by atoms with Crippen LogP contribution >= 0.6 is 0 Å². The molecular weight excluding hydrogens is 486 g/mol. The van der Waals surface area contributed by atoms with Crippen LogP contribution in [-0.2, 0) is 14.9 Å². The van der Waals surface area contributed by atoms with Crippen LogP contribution < -0.4 is 5.32 Å². The number of nitrogens with one attached hydrogen (secondary N) is 1. The maximum Gasteiger partial charge on any atom is 0.267 e. The van der Waals surface area contributed by atoms with Crippen molar-refractivity contribution in [3.8, 4) is 0 Å². The second-order valence-corrected chi connectivity index (χ2v) is 11.5. The fourth-order valence-electron chi connectivity index (χ4n) is 4.05. The van der Waals surface area contributed by atoms with E-state index in [1.54, 1.807) is 6.08 Å². The number of unbranched alkanes of at least 4 members (excludes halogenated alkanes) is 13. The Balaban J connectivity index is 4.07. The van der Waals surface area contributed by atoms with Crippen molar-refractivity contribution in [2.75, 3.05) is 5.75 Å². The highest BCUT2D eigenvalue weighted by atomic mass is 32.2. The molecule has 0 rings (SSSR count). The zero-order chi connectivity index (χ0) is 27.6. The Morgan fingerprint density at radius 1 is 0.703 bits per heavy atom. The molecule has 2 unspecified atom stereocenters. The predicted molar refractivity (Wildman–Crippen MR) is 156 cm³/mol. The maximum absolute atomic E-state index is 12.3. The van der Waals surface area contributed by atoms with Gasteiger partial charge in [0.25, 0.3) is 10.1 Å². The number of hydrogen-bond donors (Lipinski definition) is 3. The van der Waals surface area contributed by atoms with Gasteiger partial charge in [0.2, 0.25) is 5.91 Å². The maximum atomic E-state index is 12.3. The van der Waals surface area contributed by atoms with Crippen molar-refractivity contribution in [2.45, 2.75) is 142 Å². The third-order valence-corrected chi connectivity index (χ3v) is 7.05. The number of hydrogen-bond acceptors (Lipinski definition) is 4. The van der Waals surface area contributed by atoms with E-state index in [0.29, 0.717) is 12.8 Å². The summed E-state index contributed by atoms with van der Waals surface area (Å²) in [5.41, 5.74) is 0. The van der Waals surface area contributed by atoms with Crippen LogP contribution in [0, 0.1) is 0 Å². The molecule has 0 aliphatic carbocycles. The molecule has 0 bridgehead atoms. The quantitative estimate of drug-likeness (QED) is 0.0632. The van der Waals surface area contributed by atoms with Gasteiger partial charge >= 0.3 is 0 Å². The first kappa shape index (κ1) is 35.6. The number of rotatable bonds is 25. The van der Waals surface area contributed by atoms with Gasteiger partial charge in [0.1, 0.15) is 0 Å². The standard InChI is InChI=1S/C30H55NO5S/c1-3-5-7-9-11-12-13-14-15-16-17-18-20-22-24-26-30(33)31-28(27-37(34,35)36)29(32)25-23-21-19-10-8-6-4-2/h8,10,14-15,23,25,28-29,32H,3-7,9,11-13,16-22,24,26-27H2,1-2H3,(H,31,33)(H,34,35,36)/b10-8+,15-14-,25-23+. The smallest absolute Gasteiger partial charge is 0.267 e. The van der Waals surface area contributed by atoms with Gasteiger partial charge in [-0.15, -0.1) is 0 Å². The lowest BCUT2D eigenvalue weighted by Crippen LogP contribution is -2.46. The monoisotopic (exact) mass is 541 g/mol. The molecule has 0 saturated heterocycles. The molecule has 0 aromatic rings. The Kier molecular flexibility index (Phi) is 23.9. The highest BCUT2D eigenvalue weighted by molar-refractivity contribution is 7.85. The summed E-state index contributed by atoms with van der Waals surface area (Å²) in [6.07, 6.45) is 30.1. The molecular formula is C30H55NO5S. The largest absolute Gasteiger partial charge is 0.387 e. The number of aliphatic hydroxyl groups is 1. The molecule has 0 aliphatic heterocycles. The van der Waals surface area contributed by atoms with Crippen LogP contribution in [0.4, 0.5) is 0 Å². The third-order valence-electron chi connectivity index (χ3n) is 6.27. The average molecular weight is 542 g/mol. The summed E-state index contributed by atoms with van der Waals surface area (Å²) >= 11 is 0. The molecule has 3 N–H and O–H groups in total. The highest BCUT2D eigenvalue weighted by Crippen LogP contribution is 2.10. The van der Waals surface area contributed by atoms with Crippen LogP contribution in [0.5, 0.6) is 0 Å². The molecule has 0 spiro atoms. The van der Waals surface area contributed by atoms with Crippen LogP contribution in [0.15, 0.2) is 36.5 Å². The molecule has 1 amide bonds. The molecule has 0 saturated carbocycles. The minimum absolute atomic E-state index is 0.277. The first-order valence-electron chi connectivity index (χ1n) is 14.7. The van der Waals surface area contributed by atoms with Crippen molar-refractivity contribution in [1.82, 2.24) is 5.32 Å². The summed E-state index contributed by atoms with van der Waals surface area (Å²) in [4.78, 5) is 12.3. The Labute approximate surface area is 227 Å². The zero-order valence-electron chi connectivity index (χ0n) is 23.6. The fourth-order valence-corrected chi connectivity index (χ4v) is 4.79. The van der Waals surface area contributed by atoms with Gasteiger partial charge in [0, 0.05) is 6.42 Å². The SMILES string of the molecule is CCC/C=C/CC/C=C/C(O)C(CS(=O)(=O)O)NC(=O)CCCCCCC/C=C\CCCCCCCC. The second-order valence-electron chi connectivity index (χ2n) is 10.0. The van der Waals surface area contributed by atoms with E-state index in [1.807, 2.05) is 0 Å². The Morgan fingerprint density at radius 2 is 1.22 bits per heavy atom. The minimum atomic E-state index is -4.34. The van der Waals surface area contributed by atoms with E-state index in [1.165, 1.54) is 51.0 Å². The van der Waals surface area contributed by atoms with Crippen molar-refractivity contribution < 1.29 is 22.9 Å². The second kappa shape index (κ2) is 24.9. The van der Waals surface area contributed by atoms with Crippen LogP contribution in [0.25, 0.3) is 0 Å². The first-order chi connectivity index (χ1) is 17.8. The number of carbonyl (C=O) groups excluding carboxylic acids is 1. The van der Waals surface area contributed by atoms with E-state index in [2.05, 4.69) is 43.5 Å². The summed E-state index contributed by atoms with van der Waals surface area (Å²) in [7, 11) is -4.34. The van der Waals surface area contributed by atoms with Gasteiger partial charge < -0.3 is 10.4 Å². The average Bonchev–Trinajstić information content (AvgIpc) is 2.84. The van der Waals surface area contributed by atoms with E-state index in [9.17, 15) is 22.9 Å². The number of allylic oxidation sites excluding steroid dienone is 5. The predicted octanol–water partition coefficient (Wildman–Crippen LogP) is 7.45. The number of carbonyl (C=O) groups is 1. The summed E-state index contributed by atoms with van der Waals surface area (Å²) in [5, 5.41) is 13.0. The molecule has 0 radical (unpaired) electrons. The van der Waals surface area contributed by atoms with Crippen molar-refractivity contribution in [3.63, 3.8) is 0 Å². The van der Waals surface area contributed by atoms with E-state index in [-0.39, 0.29) is 12.3 Å². The summed E-state index contributed by atoms with van der Waals surface area (Å²) in [6, 6.07) is -1.07. The Morgan fingerprint density at radius 3 is 1.81 bits per heavy atom. The van der Waals surface area contributed by atoms with E-state index in [4.69, 9.17) is 0 Å². The van der Waals surface area contributed by atoms with Crippen LogP contribution in [0.2, 0.25) is 0 Å². The van der Waals surface area contributed by atoms with Crippen LogP contribution in [0.1, 0.15) is 129 Å². The van der Waals surface area contributed by atoms with Gasteiger partial charge in [0.05, 0.1) is 17.9 Å². The molecule has 37 heavy (non-hydrogen) atoms. The topological polar surface area (TPSA) is 104 Å². The molecule has 2 atom stereocenters. The Hall–Kier alpha value is -1.44. The van der Waals surface area contributed by atoms with Crippen LogP contribution in [0.3, 0.4) is 0 Å². The third kappa shape index (κ3) is 26.0. The van der Waals surface area contributed by atoms with Crippen molar-refractivity contribution >= 4 is 16.0 Å². The normalized spacial score (nSPS) is 14.2. The van der Waals surface area contributed by atoms with E-state index < -0.39 is 28.0 Å². The molecule has 0 heterocycles. The van der Waals surface area contributed by atoms with E-state index in [0.717, 1.165) is 51.4 Å². The summed E-state index contributed by atoms with van der Waals surface area (Å²) < 4.78 is 32.0. The van der Waals surface area contributed by atoms with Gasteiger partial charge in [-0.1, -0.05) is 108 Å². The van der Waals surface area contributed by atoms with Crippen molar-refractivity contribution in [1.29, 1.82) is 0 Å². The number of amides is 1. The lowest BCUT2D eigenvalue weighted by atomic mass is 10.1. The van der Waals surface area contributed by atoms with Gasteiger partial charge in [-0.2, -0.15) is 8.42 Å². The van der Waals surface area contributed by atoms with Gasteiger partial charge in [-0.05, 0) is 51.4 Å². The minimum Gasteiger partial charge on any atom is -0.387 e. The molecule has 0 fully saturated rings. The van der Waals surface area contributed by atoms with Crippen molar-refractivity contribution in [2.24, 2.45) is 0 Å². The van der Waals surface area contributed by atoms with Gasteiger partial charge in [-0.3, -0.25) is 9.35 Å². The van der Waals surface area contributed by atoms with Gasteiger partial charge in [-0.25, -0.2) is 0 Å². The molecule has 0 aliphatic rings. The zero-order valence-corrected chi connectivity index (χ0v) is 24.4. The van der Waals surface area contributed by atoms with Crippen LogP contribution in [-0.4, -0.2) is 41.9 Å². The molecule has 0 aromatic heterocycles. The summed E-state index contributed by atoms with van der Waals surface area (Å²) in [6.45, 7) is 4.36. The lowest BCUT2D eigenvalue weighted by molar-refractivity contribution is -0.122. The molecule has 6 nitrogen and oxygen atoms in total. The molecule has 216 valence electrons. The first-order valence-corrected chi connectivity index (χ1v) is 16.3. The number of aliphatic hydroxyl groups excluding tert-OH is 1. The summed E-state index contributed by atoms with van der Waals surface area (Å²) in [5.74, 6) is -1.02. The van der Waals surface area contributed by atoms with Gasteiger partial charge in [0.15, 0.2) is 0 Å². The fraction of sp³-hybridized carbons (Fsp3) is 0.767. The molecule has 0 aromatic carbocycles. The highest BCUT2D eigenvalue weighted by Gasteiger charge is 2.24. The van der Waals surface area contributed by atoms with E-state index >= 15 is 0 Å². The molecule has 7 heteroatoms. The Bertz CT molecular complexity index is 730. The van der Waals surface area contributed by atoms with Crippen molar-refractivity contribution in [3.05, 3.63) is 36.5 Å².